The SMILES string of the molecule is CC(C)NC(=O)C(C)Oc1cccc(C=O)c1. The fourth-order valence-electron chi connectivity index (χ4n) is 1.32. The van der Waals surface area contributed by atoms with Crippen LogP contribution in [0.3, 0.4) is 0 Å². The first-order chi connectivity index (χ1) is 8.02. The molecule has 0 aromatic heterocycles. The van der Waals surface area contributed by atoms with Gasteiger partial charge in [0.1, 0.15) is 12.0 Å². The van der Waals surface area contributed by atoms with E-state index in [1.807, 2.05) is 13.8 Å². The molecule has 0 saturated carbocycles. The molecule has 1 unspecified atom stereocenters. The second-order valence-corrected chi connectivity index (χ2v) is 4.11. The summed E-state index contributed by atoms with van der Waals surface area (Å²) in [5.41, 5.74) is 0.527. The van der Waals surface area contributed by atoms with Gasteiger partial charge in [-0.15, -0.1) is 0 Å². The standard InChI is InChI=1S/C13H17NO3/c1-9(2)14-13(16)10(3)17-12-6-4-5-11(7-12)8-15/h4-10H,1-3H3,(H,14,16). The summed E-state index contributed by atoms with van der Waals surface area (Å²) < 4.78 is 5.45. The molecule has 92 valence electrons. The monoisotopic (exact) mass is 235 g/mol. The molecule has 0 spiro atoms. The van der Waals surface area contributed by atoms with E-state index in [9.17, 15) is 9.59 Å². The minimum absolute atomic E-state index is 0.0786. The lowest BCUT2D eigenvalue weighted by atomic mass is 10.2. The van der Waals surface area contributed by atoms with E-state index in [0.717, 1.165) is 6.29 Å². The fraction of sp³-hybridized carbons (Fsp3) is 0.385. The largest absolute Gasteiger partial charge is 0.481 e. The molecular formula is C13H17NO3. The van der Waals surface area contributed by atoms with Gasteiger partial charge < -0.3 is 10.1 Å². The Labute approximate surface area is 101 Å². The van der Waals surface area contributed by atoms with E-state index in [0.29, 0.717) is 11.3 Å². The third-order valence-corrected chi connectivity index (χ3v) is 2.11. The molecule has 0 bridgehead atoms. The van der Waals surface area contributed by atoms with Crippen LogP contribution in [-0.2, 0) is 4.79 Å². The molecule has 0 heterocycles. The molecule has 0 aliphatic rings. The molecule has 0 fully saturated rings. The van der Waals surface area contributed by atoms with Crippen molar-refractivity contribution >= 4 is 12.2 Å². The number of ether oxygens (including phenoxy) is 1. The lowest BCUT2D eigenvalue weighted by Gasteiger charge is -2.16. The molecular weight excluding hydrogens is 218 g/mol. The Balaban J connectivity index is 2.63. The summed E-state index contributed by atoms with van der Waals surface area (Å²) in [6.07, 6.45) is 0.158. The Kier molecular flexibility index (Phi) is 4.69. The van der Waals surface area contributed by atoms with E-state index in [4.69, 9.17) is 4.74 Å². The Bertz CT molecular complexity index is 401. The van der Waals surface area contributed by atoms with Crippen molar-refractivity contribution in [1.29, 1.82) is 0 Å². The van der Waals surface area contributed by atoms with Gasteiger partial charge in [0.2, 0.25) is 0 Å². The average molecular weight is 235 g/mol. The van der Waals surface area contributed by atoms with Crippen LogP contribution < -0.4 is 10.1 Å². The molecule has 1 aromatic carbocycles. The van der Waals surface area contributed by atoms with Crippen LogP contribution in [0.1, 0.15) is 31.1 Å². The maximum Gasteiger partial charge on any atom is 0.260 e. The lowest BCUT2D eigenvalue weighted by molar-refractivity contribution is -0.127. The number of nitrogens with one attached hydrogen (secondary N) is 1. The van der Waals surface area contributed by atoms with Crippen LogP contribution in [-0.4, -0.2) is 24.3 Å². The Morgan fingerprint density at radius 1 is 1.35 bits per heavy atom. The number of rotatable bonds is 5. The average Bonchev–Trinajstić information content (AvgIpc) is 2.28. The van der Waals surface area contributed by atoms with Crippen LogP contribution in [0, 0.1) is 0 Å². The fourth-order valence-corrected chi connectivity index (χ4v) is 1.32. The van der Waals surface area contributed by atoms with Gasteiger partial charge in [0.25, 0.3) is 5.91 Å². The summed E-state index contributed by atoms with van der Waals surface area (Å²) in [5, 5.41) is 2.76. The molecule has 1 atom stereocenters. The number of carbonyl (C=O) groups excluding carboxylic acids is 2. The molecule has 17 heavy (non-hydrogen) atoms. The molecule has 0 aliphatic carbocycles. The van der Waals surface area contributed by atoms with Gasteiger partial charge in [-0.3, -0.25) is 9.59 Å². The van der Waals surface area contributed by atoms with Gasteiger partial charge >= 0.3 is 0 Å². The summed E-state index contributed by atoms with van der Waals surface area (Å²) in [5.74, 6) is 0.345. The zero-order chi connectivity index (χ0) is 12.8. The third kappa shape index (κ3) is 4.26. The van der Waals surface area contributed by atoms with Crippen LogP contribution >= 0.6 is 0 Å². The molecule has 0 saturated heterocycles. The first-order valence-electron chi connectivity index (χ1n) is 5.55. The summed E-state index contributed by atoms with van der Waals surface area (Å²) in [7, 11) is 0. The maximum atomic E-state index is 11.6. The highest BCUT2D eigenvalue weighted by molar-refractivity contribution is 5.81. The van der Waals surface area contributed by atoms with Crippen LogP contribution in [0.2, 0.25) is 0 Å². The summed E-state index contributed by atoms with van der Waals surface area (Å²) in [4.78, 5) is 22.2. The van der Waals surface area contributed by atoms with Crippen molar-refractivity contribution in [2.24, 2.45) is 0 Å². The topological polar surface area (TPSA) is 55.4 Å². The van der Waals surface area contributed by atoms with Crippen LogP contribution in [0.25, 0.3) is 0 Å². The van der Waals surface area contributed by atoms with E-state index < -0.39 is 6.10 Å². The molecule has 1 aromatic rings. The van der Waals surface area contributed by atoms with Gasteiger partial charge in [-0.1, -0.05) is 12.1 Å². The van der Waals surface area contributed by atoms with Crippen molar-refractivity contribution in [1.82, 2.24) is 5.32 Å². The van der Waals surface area contributed by atoms with E-state index in [2.05, 4.69) is 5.32 Å². The Hall–Kier alpha value is -1.84. The molecule has 0 aliphatic heterocycles. The smallest absolute Gasteiger partial charge is 0.260 e. The van der Waals surface area contributed by atoms with E-state index in [-0.39, 0.29) is 11.9 Å². The third-order valence-electron chi connectivity index (χ3n) is 2.11. The van der Waals surface area contributed by atoms with Gasteiger partial charge in [0.15, 0.2) is 6.10 Å². The quantitative estimate of drug-likeness (QED) is 0.792. The highest BCUT2D eigenvalue weighted by Gasteiger charge is 2.15. The molecule has 0 radical (unpaired) electrons. The number of hydrogen-bond donors (Lipinski definition) is 1. The zero-order valence-corrected chi connectivity index (χ0v) is 10.3. The number of aldehydes is 1. The Morgan fingerprint density at radius 3 is 2.65 bits per heavy atom. The number of amides is 1. The summed E-state index contributed by atoms with van der Waals surface area (Å²) in [6, 6.07) is 6.79. The Morgan fingerprint density at radius 2 is 2.06 bits per heavy atom. The van der Waals surface area contributed by atoms with Crippen LogP contribution in [0.4, 0.5) is 0 Å². The second-order valence-electron chi connectivity index (χ2n) is 4.11. The molecule has 4 nitrogen and oxygen atoms in total. The van der Waals surface area contributed by atoms with Gasteiger partial charge in [0.05, 0.1) is 0 Å². The number of carbonyl (C=O) groups is 2. The molecule has 4 heteroatoms. The minimum Gasteiger partial charge on any atom is -0.481 e. The van der Waals surface area contributed by atoms with E-state index >= 15 is 0 Å². The van der Waals surface area contributed by atoms with E-state index in [1.165, 1.54) is 0 Å². The van der Waals surface area contributed by atoms with Gasteiger partial charge in [-0.05, 0) is 32.9 Å². The maximum absolute atomic E-state index is 11.6. The highest BCUT2D eigenvalue weighted by atomic mass is 16.5. The second kappa shape index (κ2) is 6.03. The molecule has 1 rings (SSSR count). The number of hydrogen-bond acceptors (Lipinski definition) is 3. The van der Waals surface area contributed by atoms with Crippen LogP contribution in [0.15, 0.2) is 24.3 Å². The summed E-state index contributed by atoms with van der Waals surface area (Å²) >= 11 is 0. The predicted octanol–water partition coefficient (Wildman–Crippen LogP) is 1.79. The lowest BCUT2D eigenvalue weighted by Crippen LogP contribution is -2.40. The summed E-state index contributed by atoms with van der Waals surface area (Å²) in [6.45, 7) is 5.45. The van der Waals surface area contributed by atoms with Crippen molar-refractivity contribution in [2.45, 2.75) is 32.9 Å². The zero-order valence-electron chi connectivity index (χ0n) is 10.3. The van der Waals surface area contributed by atoms with Crippen LogP contribution in [0.5, 0.6) is 5.75 Å². The first kappa shape index (κ1) is 13.2. The molecule has 1 N–H and O–H groups in total. The van der Waals surface area contributed by atoms with E-state index in [1.54, 1.807) is 31.2 Å². The van der Waals surface area contributed by atoms with Gasteiger partial charge in [-0.25, -0.2) is 0 Å². The van der Waals surface area contributed by atoms with Crippen molar-refractivity contribution in [3.63, 3.8) is 0 Å². The predicted molar refractivity (Wildman–Crippen MR) is 65.2 cm³/mol. The first-order valence-corrected chi connectivity index (χ1v) is 5.55. The minimum atomic E-state index is -0.584. The van der Waals surface area contributed by atoms with Crippen molar-refractivity contribution < 1.29 is 14.3 Å². The molecule has 1 amide bonds. The van der Waals surface area contributed by atoms with Crippen molar-refractivity contribution in [3.05, 3.63) is 29.8 Å². The normalized spacial score (nSPS) is 12.0. The van der Waals surface area contributed by atoms with Gasteiger partial charge in [0, 0.05) is 11.6 Å². The number of benzene rings is 1. The van der Waals surface area contributed by atoms with Gasteiger partial charge in [-0.2, -0.15) is 0 Å². The highest BCUT2D eigenvalue weighted by Crippen LogP contribution is 2.13. The van der Waals surface area contributed by atoms with Crippen molar-refractivity contribution in [3.8, 4) is 5.75 Å². The van der Waals surface area contributed by atoms with Crippen molar-refractivity contribution in [2.75, 3.05) is 0 Å².